The van der Waals surface area contributed by atoms with Crippen LogP contribution in [0, 0.1) is 23.7 Å². The number of carbonyl (C=O) groups is 2. The van der Waals surface area contributed by atoms with Gasteiger partial charge in [0.05, 0.1) is 12.8 Å². The molecule has 1 saturated carbocycles. The molecule has 0 amide bonds. The molecule has 8 nitrogen and oxygen atoms in total. The molecule has 2 bridgehead atoms. The van der Waals surface area contributed by atoms with Crippen molar-refractivity contribution in [3.05, 3.63) is 0 Å². The van der Waals surface area contributed by atoms with E-state index in [2.05, 4.69) is 6.92 Å². The average Bonchev–Trinajstić information content (AvgIpc) is 2.84. The molecule has 1 N–H and O–H groups in total. The normalized spacial score (nSPS) is 48.4. The lowest BCUT2D eigenvalue weighted by Crippen LogP contribution is -2.70. The Bertz CT molecular complexity index is 623. The van der Waals surface area contributed by atoms with Gasteiger partial charge in [0.25, 0.3) is 0 Å². The van der Waals surface area contributed by atoms with Crippen molar-refractivity contribution in [1.82, 2.24) is 0 Å². The highest BCUT2D eigenvalue weighted by molar-refractivity contribution is 5.76. The van der Waals surface area contributed by atoms with Gasteiger partial charge in [-0.1, -0.05) is 13.8 Å². The van der Waals surface area contributed by atoms with Gasteiger partial charge in [-0.25, -0.2) is 9.78 Å². The van der Waals surface area contributed by atoms with Gasteiger partial charge in [-0.3, -0.25) is 9.59 Å². The lowest BCUT2D eigenvalue weighted by atomic mass is 9.58. The molecule has 5 rings (SSSR count). The summed E-state index contributed by atoms with van der Waals surface area (Å²) in [5.41, 5.74) is -0.697. The largest absolute Gasteiger partial charge is 0.481 e. The summed E-state index contributed by atoms with van der Waals surface area (Å²) in [4.78, 5) is 34.5. The zero-order chi connectivity index (χ0) is 19.4. The monoisotopic (exact) mass is 384 g/mol. The molecule has 0 aromatic heterocycles. The first-order valence-corrected chi connectivity index (χ1v) is 9.86. The number of aliphatic carboxylic acids is 1. The van der Waals surface area contributed by atoms with Crippen LogP contribution in [0.2, 0.25) is 0 Å². The molecule has 5 aliphatic rings. The molecule has 0 radical (unpaired) electrons. The zero-order valence-electron chi connectivity index (χ0n) is 16.0. The fourth-order valence-electron chi connectivity index (χ4n) is 5.40. The summed E-state index contributed by atoms with van der Waals surface area (Å²) in [6, 6.07) is 0. The van der Waals surface area contributed by atoms with Crippen LogP contribution in [0.25, 0.3) is 0 Å². The zero-order valence-corrected chi connectivity index (χ0v) is 16.0. The highest BCUT2D eigenvalue weighted by atomic mass is 17.3. The van der Waals surface area contributed by atoms with E-state index in [9.17, 15) is 9.59 Å². The second-order valence-corrected chi connectivity index (χ2v) is 8.66. The second-order valence-electron chi connectivity index (χ2n) is 8.66. The van der Waals surface area contributed by atoms with Crippen LogP contribution in [0.15, 0.2) is 0 Å². The number of ether oxygens (including phenoxy) is 3. The van der Waals surface area contributed by atoms with Crippen molar-refractivity contribution < 1.29 is 38.7 Å². The van der Waals surface area contributed by atoms with Crippen LogP contribution in [-0.2, 0) is 33.6 Å². The minimum Gasteiger partial charge on any atom is -0.481 e. The van der Waals surface area contributed by atoms with E-state index in [0.717, 1.165) is 19.3 Å². The van der Waals surface area contributed by atoms with Gasteiger partial charge in [0.15, 0.2) is 11.9 Å². The Morgan fingerprint density at radius 2 is 1.89 bits per heavy atom. The quantitative estimate of drug-likeness (QED) is 0.583. The standard InChI is InChI=1S/C19H28O8/c1-10-4-5-13-11(2)16(23-15(22)7-6-14(20)21)24-17-19(13)12(10)8-9-18(3,25-17)26-27-19/h10-13,16-17H,4-9H2,1-3H3,(H,20,21)/t10-,11-,12?,13+,16?,17-,18?,19-/m1/s1. The molecule has 8 heteroatoms. The number of esters is 1. The van der Waals surface area contributed by atoms with Crippen molar-refractivity contribution in [3.8, 4) is 0 Å². The third-order valence-electron chi connectivity index (χ3n) is 6.89. The lowest BCUT2D eigenvalue weighted by molar-refractivity contribution is -0.576. The molecule has 0 aromatic rings. The number of carboxylic acid groups (broad SMARTS) is 1. The van der Waals surface area contributed by atoms with Gasteiger partial charge in [-0.15, -0.1) is 0 Å². The van der Waals surface area contributed by atoms with Gasteiger partial charge < -0.3 is 19.3 Å². The fourth-order valence-corrected chi connectivity index (χ4v) is 5.40. The van der Waals surface area contributed by atoms with E-state index in [1.54, 1.807) is 0 Å². The number of fused-ring (bicyclic) bond motifs is 2. The van der Waals surface area contributed by atoms with Crippen LogP contribution < -0.4 is 0 Å². The summed E-state index contributed by atoms with van der Waals surface area (Å²) in [6.07, 6.45) is 1.72. The van der Waals surface area contributed by atoms with Gasteiger partial charge in [0, 0.05) is 18.3 Å². The number of carboxylic acids is 1. The van der Waals surface area contributed by atoms with E-state index in [1.165, 1.54) is 0 Å². The molecule has 1 spiro atoms. The molecular weight excluding hydrogens is 356 g/mol. The Morgan fingerprint density at radius 3 is 2.63 bits per heavy atom. The van der Waals surface area contributed by atoms with Crippen molar-refractivity contribution in [3.63, 3.8) is 0 Å². The van der Waals surface area contributed by atoms with Gasteiger partial charge in [0.2, 0.25) is 12.1 Å². The first-order valence-electron chi connectivity index (χ1n) is 9.86. The summed E-state index contributed by atoms with van der Waals surface area (Å²) >= 11 is 0. The van der Waals surface area contributed by atoms with Gasteiger partial charge >= 0.3 is 11.9 Å². The van der Waals surface area contributed by atoms with Crippen molar-refractivity contribution in [1.29, 1.82) is 0 Å². The van der Waals surface area contributed by atoms with Crippen molar-refractivity contribution >= 4 is 11.9 Å². The van der Waals surface area contributed by atoms with E-state index in [1.807, 2.05) is 13.8 Å². The number of hydrogen-bond donors (Lipinski definition) is 1. The van der Waals surface area contributed by atoms with Crippen LogP contribution in [0.3, 0.4) is 0 Å². The van der Waals surface area contributed by atoms with Gasteiger partial charge in [-0.2, -0.15) is 0 Å². The molecule has 4 aliphatic heterocycles. The molecule has 152 valence electrons. The summed E-state index contributed by atoms with van der Waals surface area (Å²) in [6.45, 7) is 6.06. The Labute approximate surface area is 158 Å². The Kier molecular flexibility index (Phi) is 4.73. The fraction of sp³-hybridized carbons (Fsp3) is 0.895. The van der Waals surface area contributed by atoms with Gasteiger partial charge in [-0.05, 0) is 38.0 Å². The number of carbonyl (C=O) groups excluding carboxylic acids is 1. The van der Waals surface area contributed by atoms with Crippen molar-refractivity contribution in [2.75, 3.05) is 0 Å². The second kappa shape index (κ2) is 6.69. The van der Waals surface area contributed by atoms with E-state index < -0.39 is 35.9 Å². The summed E-state index contributed by atoms with van der Waals surface area (Å²) in [5, 5.41) is 8.76. The Hall–Kier alpha value is -1.22. The van der Waals surface area contributed by atoms with Crippen molar-refractivity contribution in [2.24, 2.45) is 23.7 Å². The molecule has 4 heterocycles. The Morgan fingerprint density at radius 1 is 1.11 bits per heavy atom. The Balaban J connectivity index is 1.58. The maximum Gasteiger partial charge on any atom is 0.308 e. The van der Waals surface area contributed by atoms with Crippen LogP contribution in [0.5, 0.6) is 0 Å². The first-order chi connectivity index (χ1) is 12.7. The molecular formula is C19H28O8. The summed E-state index contributed by atoms with van der Waals surface area (Å²) < 4.78 is 17.8. The van der Waals surface area contributed by atoms with E-state index in [0.29, 0.717) is 12.3 Å². The SMILES string of the molecule is C[C@@H]1CC[C@H]2[C@@H](C)C(OC(=O)CCC(=O)O)O[C@@H]3OC4(C)CCC1[C@]32OO4. The maximum atomic E-state index is 12.1. The van der Waals surface area contributed by atoms with E-state index in [4.69, 9.17) is 29.1 Å². The topological polar surface area (TPSA) is 101 Å². The maximum absolute atomic E-state index is 12.1. The molecule has 4 saturated heterocycles. The van der Waals surface area contributed by atoms with Crippen LogP contribution in [0.1, 0.15) is 59.3 Å². The third kappa shape index (κ3) is 3.06. The lowest BCUT2D eigenvalue weighted by Gasteiger charge is -2.59. The molecule has 1 aliphatic carbocycles. The van der Waals surface area contributed by atoms with E-state index >= 15 is 0 Å². The highest BCUT2D eigenvalue weighted by Gasteiger charge is 2.69. The highest BCUT2D eigenvalue weighted by Crippen LogP contribution is 2.60. The van der Waals surface area contributed by atoms with E-state index in [-0.39, 0.29) is 30.6 Å². The predicted molar refractivity (Wildman–Crippen MR) is 89.8 cm³/mol. The minimum atomic E-state index is -1.03. The smallest absolute Gasteiger partial charge is 0.308 e. The molecule has 8 atom stereocenters. The molecule has 0 aromatic carbocycles. The molecule has 27 heavy (non-hydrogen) atoms. The molecule has 3 unspecified atom stereocenters. The average molecular weight is 384 g/mol. The van der Waals surface area contributed by atoms with Crippen molar-refractivity contribution in [2.45, 2.75) is 83.3 Å². The summed E-state index contributed by atoms with van der Waals surface area (Å²) in [5.74, 6) is -1.82. The van der Waals surface area contributed by atoms with Crippen LogP contribution >= 0.6 is 0 Å². The summed E-state index contributed by atoms with van der Waals surface area (Å²) in [7, 11) is 0. The first kappa shape index (κ1) is 19.1. The van der Waals surface area contributed by atoms with Crippen LogP contribution in [-0.4, -0.2) is 41.0 Å². The number of rotatable bonds is 4. The third-order valence-corrected chi connectivity index (χ3v) is 6.89. The predicted octanol–water partition coefficient (Wildman–Crippen LogP) is 2.60. The molecule has 5 fully saturated rings. The van der Waals surface area contributed by atoms with Crippen LogP contribution in [0.4, 0.5) is 0 Å². The van der Waals surface area contributed by atoms with Gasteiger partial charge in [0.1, 0.15) is 0 Å². The minimum absolute atomic E-state index is 0.0670. The number of hydrogen-bond acceptors (Lipinski definition) is 7.